The molecule has 0 aliphatic carbocycles. The minimum absolute atomic E-state index is 0.0487. The number of aliphatic hydroxyl groups excluding tert-OH is 1. The van der Waals surface area contributed by atoms with Crippen molar-refractivity contribution < 1.29 is 29.3 Å². The molecule has 0 radical (unpaired) electrons. The molecule has 1 aliphatic rings. The maximum Gasteiger partial charge on any atom is 0.336 e. The highest BCUT2D eigenvalue weighted by atomic mass is 32.2. The van der Waals surface area contributed by atoms with Gasteiger partial charge in [-0.2, -0.15) is 0 Å². The number of carboxylic acids is 1. The Morgan fingerprint density at radius 2 is 1.76 bits per heavy atom. The molecule has 1 saturated heterocycles. The lowest BCUT2D eigenvalue weighted by molar-refractivity contribution is -0.268. The van der Waals surface area contributed by atoms with Gasteiger partial charge in [0.1, 0.15) is 0 Å². The first kappa shape index (κ1) is 28.5. The smallest absolute Gasteiger partial charge is 0.336 e. The molecule has 1 amide bonds. The van der Waals surface area contributed by atoms with Crippen LogP contribution in [0.15, 0.2) is 102 Å². The number of ether oxygens (including phenoxy) is 2. The van der Waals surface area contributed by atoms with Gasteiger partial charge in [-0.25, -0.2) is 4.79 Å². The maximum atomic E-state index is 12.7. The Hall–Kier alpha value is -4.02. The van der Waals surface area contributed by atoms with Crippen LogP contribution in [0.1, 0.15) is 56.7 Å². The summed E-state index contributed by atoms with van der Waals surface area (Å²) in [5, 5.41) is 22.0. The van der Waals surface area contributed by atoms with E-state index in [0.717, 1.165) is 16.7 Å². The van der Waals surface area contributed by atoms with Crippen LogP contribution in [0.25, 0.3) is 0 Å². The van der Waals surface area contributed by atoms with E-state index in [9.17, 15) is 19.8 Å². The van der Waals surface area contributed by atoms with Crippen LogP contribution in [-0.4, -0.2) is 38.9 Å². The molecule has 4 atom stereocenters. The number of nitrogens with one attached hydrogen (secondary N) is 1. The summed E-state index contributed by atoms with van der Waals surface area (Å²) in [5.41, 5.74) is 3.78. The lowest BCUT2D eigenvalue weighted by atomic mass is 9.91. The third-order valence-corrected chi connectivity index (χ3v) is 8.15. The van der Waals surface area contributed by atoms with Crippen molar-refractivity contribution in [2.45, 2.75) is 36.9 Å². The summed E-state index contributed by atoms with van der Waals surface area (Å²) in [6, 6.07) is 25.3. The largest absolute Gasteiger partial charge is 0.478 e. The molecule has 0 saturated carbocycles. The molecule has 5 rings (SSSR count). The lowest BCUT2D eigenvalue weighted by Gasteiger charge is -2.41. The average Bonchev–Trinajstić information content (AvgIpc) is 3.01. The van der Waals surface area contributed by atoms with E-state index in [1.54, 1.807) is 42.6 Å². The molecule has 9 heteroatoms. The fraction of sp³-hybridized carbons (Fsp3) is 0.219. The molecule has 0 bridgehead atoms. The van der Waals surface area contributed by atoms with Crippen LogP contribution < -0.4 is 5.32 Å². The summed E-state index contributed by atoms with van der Waals surface area (Å²) in [7, 11) is 0. The SMILES string of the molecule is C[C@@H]1[C@H](CSc2ccccc2C(=O)O)O[C@H](c2cccc(NC(=O)c3cccnc3)c2)O[C@@H]1c1ccc(CO)cc1. The van der Waals surface area contributed by atoms with Gasteiger partial charge in [-0.05, 0) is 47.5 Å². The van der Waals surface area contributed by atoms with Crippen LogP contribution in [0.2, 0.25) is 0 Å². The van der Waals surface area contributed by atoms with Crippen LogP contribution >= 0.6 is 11.8 Å². The van der Waals surface area contributed by atoms with Crippen LogP contribution in [0.3, 0.4) is 0 Å². The fourth-order valence-electron chi connectivity index (χ4n) is 4.71. The van der Waals surface area contributed by atoms with Gasteiger partial charge >= 0.3 is 5.97 Å². The van der Waals surface area contributed by atoms with E-state index >= 15 is 0 Å². The Labute approximate surface area is 242 Å². The standard InChI is InChI=1S/C32H30N2O6S/c1-20-27(19-41-28-10-3-2-9-26(28)31(37)38)39-32(40-29(20)22-13-11-21(18-35)12-14-22)23-6-4-8-25(16-23)34-30(36)24-7-5-15-33-17-24/h2-17,20,27,29,32,35H,18-19H2,1H3,(H,34,36)(H,37,38)/t20-,27+,29+,32+/m1/s1. The van der Waals surface area contributed by atoms with E-state index in [1.165, 1.54) is 18.0 Å². The summed E-state index contributed by atoms with van der Waals surface area (Å²) in [6.07, 6.45) is 1.78. The number of aromatic carboxylic acids is 1. The molecule has 8 nitrogen and oxygen atoms in total. The van der Waals surface area contributed by atoms with Crippen LogP contribution in [0.5, 0.6) is 0 Å². The highest BCUT2D eigenvalue weighted by Gasteiger charge is 2.38. The monoisotopic (exact) mass is 570 g/mol. The van der Waals surface area contributed by atoms with Crippen molar-refractivity contribution in [1.82, 2.24) is 4.98 Å². The van der Waals surface area contributed by atoms with E-state index in [0.29, 0.717) is 21.9 Å². The van der Waals surface area contributed by atoms with Gasteiger partial charge in [0.2, 0.25) is 0 Å². The molecule has 210 valence electrons. The van der Waals surface area contributed by atoms with Crippen molar-refractivity contribution in [3.8, 4) is 0 Å². The Balaban J connectivity index is 1.40. The highest BCUT2D eigenvalue weighted by molar-refractivity contribution is 7.99. The number of carbonyl (C=O) groups is 2. The van der Waals surface area contributed by atoms with Gasteiger partial charge in [0, 0.05) is 40.2 Å². The van der Waals surface area contributed by atoms with Crippen LogP contribution in [-0.2, 0) is 16.1 Å². The average molecular weight is 571 g/mol. The van der Waals surface area contributed by atoms with Gasteiger partial charge in [-0.3, -0.25) is 9.78 Å². The Morgan fingerprint density at radius 3 is 2.49 bits per heavy atom. The van der Waals surface area contributed by atoms with E-state index in [1.807, 2.05) is 48.5 Å². The second kappa shape index (κ2) is 13.1. The first-order chi connectivity index (χ1) is 19.9. The molecule has 4 aromatic rings. The number of hydrogen-bond donors (Lipinski definition) is 3. The molecular formula is C32H30N2O6S. The number of aliphatic hydroxyl groups is 1. The van der Waals surface area contributed by atoms with Crippen LogP contribution in [0.4, 0.5) is 5.69 Å². The van der Waals surface area contributed by atoms with Crippen molar-refractivity contribution in [3.63, 3.8) is 0 Å². The third-order valence-electron chi connectivity index (χ3n) is 6.98. The molecule has 2 heterocycles. The molecule has 3 N–H and O–H groups in total. The molecule has 1 aliphatic heterocycles. The number of amides is 1. The zero-order valence-electron chi connectivity index (χ0n) is 22.3. The number of anilines is 1. The topological polar surface area (TPSA) is 118 Å². The van der Waals surface area contributed by atoms with Crippen molar-refractivity contribution in [3.05, 3.63) is 125 Å². The minimum Gasteiger partial charge on any atom is -0.478 e. The number of thioether (sulfide) groups is 1. The number of hydrogen-bond acceptors (Lipinski definition) is 7. The van der Waals surface area contributed by atoms with Crippen molar-refractivity contribution in [2.24, 2.45) is 5.92 Å². The predicted octanol–water partition coefficient (Wildman–Crippen LogP) is 6.11. The van der Waals surface area contributed by atoms with Gasteiger partial charge in [-0.1, -0.05) is 55.5 Å². The maximum absolute atomic E-state index is 12.7. The third kappa shape index (κ3) is 6.83. The summed E-state index contributed by atoms with van der Waals surface area (Å²) in [5.74, 6) is -0.806. The first-order valence-electron chi connectivity index (χ1n) is 13.2. The number of aromatic nitrogens is 1. The van der Waals surface area contributed by atoms with Crippen molar-refractivity contribution in [2.75, 3.05) is 11.1 Å². The zero-order valence-corrected chi connectivity index (χ0v) is 23.2. The second-order valence-electron chi connectivity index (χ2n) is 9.76. The lowest BCUT2D eigenvalue weighted by Crippen LogP contribution is -2.38. The van der Waals surface area contributed by atoms with Crippen molar-refractivity contribution >= 4 is 29.3 Å². The zero-order chi connectivity index (χ0) is 28.8. The normalized spacial score (nSPS) is 20.3. The molecular weight excluding hydrogens is 540 g/mol. The Kier molecular flexibility index (Phi) is 9.11. The molecule has 0 spiro atoms. The molecule has 1 fully saturated rings. The minimum atomic E-state index is -0.973. The van der Waals surface area contributed by atoms with E-state index in [2.05, 4.69) is 17.2 Å². The Morgan fingerprint density at radius 1 is 0.951 bits per heavy atom. The number of carboxylic acid groups (broad SMARTS) is 1. The number of nitrogens with zero attached hydrogens (tertiary/aromatic N) is 1. The summed E-state index contributed by atoms with van der Waals surface area (Å²) >= 11 is 1.44. The molecule has 3 aromatic carbocycles. The Bertz CT molecular complexity index is 1500. The second-order valence-corrected chi connectivity index (χ2v) is 10.8. The number of carbonyl (C=O) groups excluding carboxylic acids is 1. The number of pyridine rings is 1. The van der Waals surface area contributed by atoms with E-state index < -0.39 is 12.3 Å². The van der Waals surface area contributed by atoms with Crippen molar-refractivity contribution in [1.29, 1.82) is 0 Å². The van der Waals surface area contributed by atoms with Crippen LogP contribution in [0, 0.1) is 5.92 Å². The van der Waals surface area contributed by atoms with Gasteiger partial charge in [0.05, 0.1) is 29.9 Å². The predicted molar refractivity (Wildman–Crippen MR) is 156 cm³/mol. The quantitative estimate of drug-likeness (QED) is 0.206. The van der Waals surface area contributed by atoms with Gasteiger partial charge in [0.15, 0.2) is 6.29 Å². The van der Waals surface area contributed by atoms with E-state index in [-0.39, 0.29) is 36.2 Å². The first-order valence-corrected chi connectivity index (χ1v) is 14.2. The molecule has 1 aromatic heterocycles. The summed E-state index contributed by atoms with van der Waals surface area (Å²) in [6.45, 7) is 2.01. The van der Waals surface area contributed by atoms with Gasteiger partial charge in [-0.15, -0.1) is 11.8 Å². The fourth-order valence-corrected chi connectivity index (χ4v) is 5.93. The van der Waals surface area contributed by atoms with E-state index in [4.69, 9.17) is 9.47 Å². The van der Waals surface area contributed by atoms with Gasteiger partial charge in [0.25, 0.3) is 5.91 Å². The molecule has 41 heavy (non-hydrogen) atoms. The number of rotatable bonds is 9. The summed E-state index contributed by atoms with van der Waals surface area (Å²) in [4.78, 5) is 29.1. The van der Waals surface area contributed by atoms with Gasteiger partial charge < -0.3 is 25.0 Å². The molecule has 0 unspecified atom stereocenters. The number of benzene rings is 3. The highest BCUT2D eigenvalue weighted by Crippen LogP contribution is 2.43. The summed E-state index contributed by atoms with van der Waals surface area (Å²) < 4.78 is 13.0.